The van der Waals surface area contributed by atoms with E-state index in [4.69, 9.17) is 19.4 Å². The maximum Gasteiger partial charge on any atom is 0.164 e. The number of thiophene rings is 1. The fourth-order valence-corrected chi connectivity index (χ4v) is 9.84. The molecule has 0 aliphatic rings. The van der Waals surface area contributed by atoms with E-state index in [-0.39, 0.29) is 5.82 Å². The lowest BCUT2D eigenvalue weighted by molar-refractivity contribution is 0.628. The molecule has 3 heterocycles. The summed E-state index contributed by atoms with van der Waals surface area (Å²) < 4.78 is 22.8. The maximum absolute atomic E-state index is 13.8. The Morgan fingerprint density at radius 1 is 0.373 bits per heavy atom. The predicted molar refractivity (Wildman–Crippen MR) is 242 cm³/mol. The van der Waals surface area contributed by atoms with Gasteiger partial charge in [0.25, 0.3) is 0 Å². The second-order valence-corrected chi connectivity index (χ2v) is 15.9. The molecule has 276 valence electrons. The molecule has 0 fully saturated rings. The molecule has 0 spiro atoms. The summed E-state index contributed by atoms with van der Waals surface area (Å²) in [6.45, 7) is 0. The molecule has 3 aromatic heterocycles. The molecule has 0 amide bonds. The van der Waals surface area contributed by atoms with E-state index in [1.807, 2.05) is 53.8 Å². The first-order chi connectivity index (χ1) is 29.1. The van der Waals surface area contributed by atoms with Gasteiger partial charge >= 0.3 is 0 Å². The molecular formula is C53H30FN3OS. The van der Waals surface area contributed by atoms with E-state index in [1.165, 1.54) is 48.6 Å². The van der Waals surface area contributed by atoms with Crippen LogP contribution < -0.4 is 0 Å². The monoisotopic (exact) mass is 775 g/mol. The minimum Gasteiger partial charge on any atom is -0.456 e. The largest absolute Gasteiger partial charge is 0.456 e. The molecule has 0 bridgehead atoms. The van der Waals surface area contributed by atoms with Crippen LogP contribution in [0.25, 0.3) is 120 Å². The Morgan fingerprint density at radius 3 is 1.86 bits per heavy atom. The lowest BCUT2D eigenvalue weighted by Crippen LogP contribution is -2.00. The summed E-state index contributed by atoms with van der Waals surface area (Å²) in [5.74, 6) is 1.44. The molecule has 0 saturated carbocycles. The van der Waals surface area contributed by atoms with Crippen LogP contribution in [0.1, 0.15) is 0 Å². The van der Waals surface area contributed by atoms with Crippen LogP contribution in [0.3, 0.4) is 0 Å². The SMILES string of the molecule is Fc1ccc(-c2ccc3oc4cccc(-c5nc(-c6ccc(-c7cccc8c7sc7c9ccccc9ccc87)cc6)nc(-c6ccc7ccccc7c6)n5)c4c3c2)cc1. The van der Waals surface area contributed by atoms with Crippen molar-refractivity contribution in [1.29, 1.82) is 0 Å². The highest BCUT2D eigenvalue weighted by atomic mass is 32.1. The second kappa shape index (κ2) is 13.3. The summed E-state index contributed by atoms with van der Waals surface area (Å²) in [7, 11) is 0. The van der Waals surface area contributed by atoms with Crippen molar-refractivity contribution < 1.29 is 8.81 Å². The van der Waals surface area contributed by atoms with Crippen LogP contribution in [0.5, 0.6) is 0 Å². The number of nitrogens with zero attached hydrogens (tertiary/aromatic N) is 3. The van der Waals surface area contributed by atoms with Crippen LogP contribution >= 0.6 is 11.3 Å². The highest BCUT2D eigenvalue weighted by Crippen LogP contribution is 2.43. The molecule has 9 aromatic carbocycles. The quantitative estimate of drug-likeness (QED) is 0.175. The van der Waals surface area contributed by atoms with Gasteiger partial charge in [-0.1, -0.05) is 146 Å². The van der Waals surface area contributed by atoms with Crippen LogP contribution in [0.15, 0.2) is 186 Å². The summed E-state index contributed by atoms with van der Waals surface area (Å²) in [4.78, 5) is 15.5. The predicted octanol–water partition coefficient (Wildman–Crippen LogP) is 14.9. The van der Waals surface area contributed by atoms with E-state index in [0.717, 1.165) is 66.1 Å². The summed E-state index contributed by atoms with van der Waals surface area (Å²) in [6.07, 6.45) is 0. The van der Waals surface area contributed by atoms with Crippen LogP contribution in [-0.4, -0.2) is 15.0 Å². The van der Waals surface area contributed by atoms with Gasteiger partial charge in [-0.3, -0.25) is 0 Å². The number of rotatable bonds is 5. The Kier molecular flexibility index (Phi) is 7.55. The number of fused-ring (bicyclic) bond motifs is 9. The smallest absolute Gasteiger partial charge is 0.164 e. The molecule has 59 heavy (non-hydrogen) atoms. The van der Waals surface area contributed by atoms with E-state index in [2.05, 4.69) is 115 Å². The average Bonchev–Trinajstić information content (AvgIpc) is 3.88. The van der Waals surface area contributed by atoms with Gasteiger partial charge in [-0.05, 0) is 80.2 Å². The van der Waals surface area contributed by atoms with Crippen molar-refractivity contribution in [3.63, 3.8) is 0 Å². The van der Waals surface area contributed by atoms with Crippen molar-refractivity contribution in [2.24, 2.45) is 0 Å². The van der Waals surface area contributed by atoms with Gasteiger partial charge < -0.3 is 4.42 Å². The van der Waals surface area contributed by atoms with E-state index < -0.39 is 0 Å². The first kappa shape index (κ1) is 33.6. The van der Waals surface area contributed by atoms with Crippen molar-refractivity contribution in [2.75, 3.05) is 0 Å². The standard InChI is InChI=1S/C53H30FN3OS/c54-39-25-21-32(22-26-39)37-24-28-46-45(30-37)48-44(13-6-14-47(48)58-46)53-56-51(55-52(57-53)38-20-15-31-7-1-2-9-36(31)29-38)35-18-16-34(17-19-35)41-11-5-12-42-43-27-23-33-8-3-4-10-40(33)50(43)59-49(41)42/h1-30H. The van der Waals surface area contributed by atoms with E-state index in [1.54, 1.807) is 12.1 Å². The van der Waals surface area contributed by atoms with Crippen molar-refractivity contribution >= 4 is 75.0 Å². The number of halogens is 1. The third-order valence-electron chi connectivity index (χ3n) is 11.4. The van der Waals surface area contributed by atoms with Crippen LogP contribution in [-0.2, 0) is 0 Å². The zero-order valence-electron chi connectivity index (χ0n) is 31.4. The lowest BCUT2D eigenvalue weighted by Gasteiger charge is -2.11. The van der Waals surface area contributed by atoms with E-state index >= 15 is 0 Å². The zero-order chi connectivity index (χ0) is 39.0. The molecule has 4 nitrogen and oxygen atoms in total. The number of furan rings is 1. The summed E-state index contributed by atoms with van der Waals surface area (Å²) in [5, 5.41) is 9.19. The van der Waals surface area contributed by atoms with Gasteiger partial charge in [0.2, 0.25) is 0 Å². The second-order valence-electron chi connectivity index (χ2n) is 14.9. The number of aromatic nitrogens is 3. The summed E-state index contributed by atoms with van der Waals surface area (Å²) >= 11 is 1.86. The molecule has 0 aliphatic heterocycles. The highest BCUT2D eigenvalue weighted by molar-refractivity contribution is 7.27. The van der Waals surface area contributed by atoms with Crippen molar-refractivity contribution in [3.05, 3.63) is 188 Å². The normalized spacial score (nSPS) is 11.8. The molecule has 0 unspecified atom stereocenters. The molecule has 0 aliphatic carbocycles. The molecule has 12 aromatic rings. The molecule has 6 heteroatoms. The third kappa shape index (κ3) is 5.60. The van der Waals surface area contributed by atoms with Crippen LogP contribution in [0, 0.1) is 5.82 Å². The number of benzene rings is 9. The van der Waals surface area contributed by atoms with Gasteiger partial charge in [-0.25, -0.2) is 19.3 Å². The third-order valence-corrected chi connectivity index (χ3v) is 12.7. The Bertz CT molecular complexity index is 3630. The molecule has 0 atom stereocenters. The maximum atomic E-state index is 13.8. The Balaban J connectivity index is 1.02. The van der Waals surface area contributed by atoms with Gasteiger partial charge in [0.05, 0.1) is 0 Å². The summed E-state index contributed by atoms with van der Waals surface area (Å²) in [6, 6.07) is 61.5. The Morgan fingerprint density at radius 2 is 1.00 bits per heavy atom. The zero-order valence-corrected chi connectivity index (χ0v) is 32.2. The Labute approximate surface area is 341 Å². The van der Waals surface area contributed by atoms with Gasteiger partial charge in [0.15, 0.2) is 17.5 Å². The van der Waals surface area contributed by atoms with E-state index in [0.29, 0.717) is 17.5 Å². The van der Waals surface area contributed by atoms with Gasteiger partial charge in [-0.2, -0.15) is 0 Å². The molecule has 12 rings (SSSR count). The Hall–Kier alpha value is -7.54. The fraction of sp³-hybridized carbons (Fsp3) is 0. The van der Waals surface area contributed by atoms with Gasteiger partial charge in [0.1, 0.15) is 17.0 Å². The first-order valence-electron chi connectivity index (χ1n) is 19.5. The lowest BCUT2D eigenvalue weighted by atomic mass is 10.00. The highest BCUT2D eigenvalue weighted by Gasteiger charge is 2.19. The van der Waals surface area contributed by atoms with E-state index in [9.17, 15) is 4.39 Å². The fourth-order valence-electron chi connectivity index (χ4n) is 8.47. The van der Waals surface area contributed by atoms with Crippen molar-refractivity contribution in [3.8, 4) is 56.4 Å². The van der Waals surface area contributed by atoms with Gasteiger partial charge in [0, 0.05) is 47.6 Å². The summed E-state index contributed by atoms with van der Waals surface area (Å²) in [5.41, 5.74) is 8.31. The number of hydrogen-bond acceptors (Lipinski definition) is 5. The molecular weight excluding hydrogens is 746 g/mol. The van der Waals surface area contributed by atoms with Crippen LogP contribution in [0.4, 0.5) is 4.39 Å². The minimum atomic E-state index is -0.268. The average molecular weight is 776 g/mol. The number of hydrogen-bond donors (Lipinski definition) is 0. The first-order valence-corrected chi connectivity index (χ1v) is 20.3. The molecule has 0 N–H and O–H groups in total. The van der Waals surface area contributed by atoms with Gasteiger partial charge in [-0.15, -0.1) is 11.3 Å². The van der Waals surface area contributed by atoms with Crippen LogP contribution in [0.2, 0.25) is 0 Å². The molecule has 0 saturated heterocycles. The van der Waals surface area contributed by atoms with Crippen molar-refractivity contribution in [2.45, 2.75) is 0 Å². The minimum absolute atomic E-state index is 0.268. The molecule has 0 radical (unpaired) electrons. The van der Waals surface area contributed by atoms with Crippen molar-refractivity contribution in [1.82, 2.24) is 15.0 Å². The topological polar surface area (TPSA) is 51.8 Å².